The fourth-order valence-electron chi connectivity index (χ4n) is 4.63. The van der Waals surface area contributed by atoms with Gasteiger partial charge in [-0.15, -0.1) is 0 Å². The second-order valence-corrected chi connectivity index (χ2v) is 9.45. The molecule has 0 aliphatic rings. The molecule has 10 nitrogen and oxygen atoms in total. The summed E-state index contributed by atoms with van der Waals surface area (Å²) in [6, 6.07) is 23.6. The van der Waals surface area contributed by atoms with Gasteiger partial charge in [0.2, 0.25) is 5.91 Å². The Bertz CT molecular complexity index is 1550. The highest BCUT2D eigenvalue weighted by Gasteiger charge is 2.38. The number of aromatic nitrogens is 2. The molecule has 2 N–H and O–H groups in total. The molecule has 10 heteroatoms. The Balaban J connectivity index is 1.82. The number of nitrogens with zero attached hydrogens (tertiary/aromatic N) is 2. The van der Waals surface area contributed by atoms with Gasteiger partial charge < -0.3 is 24.7 Å². The summed E-state index contributed by atoms with van der Waals surface area (Å²) in [6.45, 7) is 2.11. The summed E-state index contributed by atoms with van der Waals surface area (Å²) in [5.74, 6) is 0.786. The fraction of sp³-hybridized carbons (Fsp3) is 0.258. The number of benzene rings is 3. The highest BCUT2D eigenvalue weighted by atomic mass is 16.5. The van der Waals surface area contributed by atoms with Crippen LogP contribution >= 0.6 is 0 Å². The highest BCUT2D eigenvalue weighted by molar-refractivity contribution is 5.75. The van der Waals surface area contributed by atoms with Crippen LogP contribution in [-0.2, 0) is 10.3 Å². The van der Waals surface area contributed by atoms with Crippen molar-refractivity contribution < 1.29 is 24.1 Å². The first-order chi connectivity index (χ1) is 19.7. The summed E-state index contributed by atoms with van der Waals surface area (Å²) in [4.78, 5) is 37.7. The van der Waals surface area contributed by atoms with Gasteiger partial charge in [0, 0.05) is 18.7 Å². The lowest BCUT2D eigenvalue weighted by molar-refractivity contribution is -0.000832. The summed E-state index contributed by atoms with van der Waals surface area (Å²) >= 11 is 0. The van der Waals surface area contributed by atoms with Crippen molar-refractivity contribution in [3.05, 3.63) is 128 Å². The molecule has 214 valence electrons. The molecule has 0 saturated heterocycles. The predicted molar refractivity (Wildman–Crippen MR) is 154 cm³/mol. The smallest absolute Gasteiger partial charge is 0.356 e. The van der Waals surface area contributed by atoms with Crippen molar-refractivity contribution in [3.63, 3.8) is 0 Å². The Hall–Kier alpha value is -4.67. The lowest BCUT2D eigenvalue weighted by Crippen LogP contribution is -2.51. The molecule has 0 fully saturated rings. The quantitative estimate of drug-likeness (QED) is 0.269. The average molecular weight is 560 g/mol. The molecule has 0 radical (unpaired) electrons. The number of hydrogen-bond donors (Lipinski definition) is 2. The normalized spacial score (nSPS) is 12.0. The molecule has 4 aromatic rings. The maximum atomic E-state index is 12.9. The molecule has 1 aromatic heterocycles. The van der Waals surface area contributed by atoms with Crippen molar-refractivity contribution in [3.8, 4) is 11.5 Å². The minimum absolute atomic E-state index is 0.136. The largest absolute Gasteiger partial charge is 0.497 e. The predicted octanol–water partition coefficient (Wildman–Crippen LogP) is 2.91. The number of methoxy groups -OCH3 is 2. The molecule has 1 atom stereocenters. The minimum Gasteiger partial charge on any atom is -0.497 e. The van der Waals surface area contributed by atoms with Gasteiger partial charge in [-0.05, 0) is 47.9 Å². The van der Waals surface area contributed by atoms with Crippen LogP contribution in [0.15, 0.2) is 94.6 Å². The van der Waals surface area contributed by atoms with E-state index in [1.54, 1.807) is 14.2 Å². The van der Waals surface area contributed by atoms with Crippen molar-refractivity contribution in [2.24, 2.45) is 0 Å². The van der Waals surface area contributed by atoms with E-state index in [0.717, 1.165) is 25.9 Å². The van der Waals surface area contributed by atoms with Gasteiger partial charge in [0.25, 0.3) is 5.56 Å². The molecule has 41 heavy (non-hydrogen) atoms. The summed E-state index contributed by atoms with van der Waals surface area (Å²) < 4.78 is 19.1. The zero-order valence-corrected chi connectivity index (χ0v) is 23.4. The Labute approximate surface area is 237 Å². The van der Waals surface area contributed by atoms with E-state index in [-0.39, 0.29) is 12.2 Å². The van der Waals surface area contributed by atoms with E-state index in [4.69, 9.17) is 14.2 Å². The topological polar surface area (TPSA) is 121 Å². The molecule has 3 aromatic carbocycles. The van der Waals surface area contributed by atoms with Crippen LogP contribution in [0.2, 0.25) is 0 Å². The van der Waals surface area contributed by atoms with Crippen LogP contribution in [0.25, 0.3) is 0 Å². The van der Waals surface area contributed by atoms with Crippen molar-refractivity contribution in [1.29, 1.82) is 0 Å². The van der Waals surface area contributed by atoms with Crippen LogP contribution in [-0.4, -0.2) is 53.7 Å². The number of hydrogen-bond acceptors (Lipinski definition) is 8. The molecule has 0 amide bonds. The molecular formula is C31H33N3O7. The third-order valence-electron chi connectivity index (χ3n) is 6.81. The molecule has 0 saturated carbocycles. The lowest BCUT2D eigenvalue weighted by atomic mass is 9.80. The van der Waals surface area contributed by atoms with E-state index in [9.17, 15) is 19.5 Å². The first kappa shape index (κ1) is 29.3. The van der Waals surface area contributed by atoms with Gasteiger partial charge >= 0.3 is 5.69 Å². The van der Waals surface area contributed by atoms with E-state index < -0.39 is 35.4 Å². The summed E-state index contributed by atoms with van der Waals surface area (Å²) in [5, 5.41) is 10.3. The van der Waals surface area contributed by atoms with E-state index in [2.05, 4.69) is 5.43 Å². The highest BCUT2D eigenvalue weighted by Crippen LogP contribution is 2.41. The summed E-state index contributed by atoms with van der Waals surface area (Å²) in [7, 11) is 3.18. The standard InChI is InChI=1S/C31H33N3O7/c1-21-18-33(22(2)36)30(38)34(29(21)37)32-26(19-35)20-41-31(23-8-6-5-7-9-23,24-10-14-27(39-3)15-11-24)25-12-16-28(40-4)17-13-25/h5-18,26,32,35H,19-20H2,1-4H3. The van der Waals surface area contributed by atoms with Crippen molar-refractivity contribution in [1.82, 2.24) is 9.24 Å². The van der Waals surface area contributed by atoms with Crippen LogP contribution in [0.1, 0.15) is 34.0 Å². The van der Waals surface area contributed by atoms with E-state index in [1.165, 1.54) is 20.0 Å². The zero-order chi connectivity index (χ0) is 29.6. The molecule has 0 aliphatic heterocycles. The van der Waals surface area contributed by atoms with Crippen molar-refractivity contribution in [2.75, 3.05) is 32.9 Å². The molecule has 0 bridgehead atoms. The minimum atomic E-state index is -1.17. The van der Waals surface area contributed by atoms with Crippen molar-refractivity contribution in [2.45, 2.75) is 25.5 Å². The van der Waals surface area contributed by atoms with Gasteiger partial charge in [-0.3, -0.25) is 9.59 Å². The lowest BCUT2D eigenvalue weighted by Gasteiger charge is -2.37. The number of aryl methyl sites for hydroxylation is 1. The number of carbonyl (C=O) groups excluding carboxylic acids is 1. The van der Waals surface area contributed by atoms with E-state index >= 15 is 0 Å². The van der Waals surface area contributed by atoms with Gasteiger partial charge in [-0.1, -0.05) is 54.6 Å². The third kappa shape index (κ3) is 5.93. The number of aliphatic hydroxyl groups is 1. The van der Waals surface area contributed by atoms with Crippen LogP contribution in [0.4, 0.5) is 0 Å². The van der Waals surface area contributed by atoms with Gasteiger partial charge in [-0.2, -0.15) is 4.68 Å². The molecule has 1 unspecified atom stereocenters. The second-order valence-electron chi connectivity index (χ2n) is 9.45. The zero-order valence-electron chi connectivity index (χ0n) is 23.4. The van der Waals surface area contributed by atoms with Gasteiger partial charge in [-0.25, -0.2) is 9.36 Å². The molecule has 0 spiro atoms. The van der Waals surface area contributed by atoms with E-state index in [1.807, 2.05) is 78.9 Å². The Morgan fingerprint density at radius 2 is 1.39 bits per heavy atom. The number of nitrogens with one attached hydrogen (secondary N) is 1. The number of ether oxygens (including phenoxy) is 3. The van der Waals surface area contributed by atoms with Crippen LogP contribution in [0.3, 0.4) is 0 Å². The Morgan fingerprint density at radius 1 is 0.878 bits per heavy atom. The fourth-order valence-corrected chi connectivity index (χ4v) is 4.63. The van der Waals surface area contributed by atoms with Crippen molar-refractivity contribution >= 4 is 5.91 Å². The van der Waals surface area contributed by atoms with Gasteiger partial charge in [0.05, 0.1) is 33.5 Å². The first-order valence-corrected chi connectivity index (χ1v) is 13.0. The average Bonchev–Trinajstić information content (AvgIpc) is 3.01. The second kappa shape index (κ2) is 12.7. The Morgan fingerprint density at radius 3 is 1.85 bits per heavy atom. The van der Waals surface area contributed by atoms with Crippen LogP contribution in [0, 0.1) is 6.92 Å². The number of aliphatic hydroxyl groups excluding tert-OH is 1. The Kier molecular flexibility index (Phi) is 9.06. The van der Waals surface area contributed by atoms with Gasteiger partial charge in [0.1, 0.15) is 17.1 Å². The molecule has 0 aliphatic carbocycles. The molecule has 1 heterocycles. The van der Waals surface area contributed by atoms with Gasteiger partial charge in [0.15, 0.2) is 0 Å². The number of rotatable bonds is 11. The number of carbonyl (C=O) groups is 1. The molecular weight excluding hydrogens is 526 g/mol. The summed E-state index contributed by atoms with van der Waals surface area (Å²) in [6.07, 6.45) is 1.20. The third-order valence-corrected chi connectivity index (χ3v) is 6.81. The maximum Gasteiger partial charge on any atom is 0.356 e. The SMILES string of the molecule is COc1ccc(C(OCC(CO)Nn2c(=O)c(C)cn(C(C)=O)c2=O)(c2ccccc2)c2ccc(OC)cc2)cc1. The van der Waals surface area contributed by atoms with Crippen LogP contribution < -0.4 is 26.1 Å². The molecule has 4 rings (SSSR count). The monoisotopic (exact) mass is 559 g/mol. The first-order valence-electron chi connectivity index (χ1n) is 13.0. The summed E-state index contributed by atoms with van der Waals surface area (Å²) in [5.41, 5.74) is 2.63. The van der Waals surface area contributed by atoms with Crippen LogP contribution in [0.5, 0.6) is 11.5 Å². The maximum absolute atomic E-state index is 12.9. The van der Waals surface area contributed by atoms with E-state index in [0.29, 0.717) is 11.5 Å².